The van der Waals surface area contributed by atoms with Crippen molar-refractivity contribution in [3.8, 4) is 0 Å². The molecule has 0 saturated heterocycles. The van der Waals surface area contributed by atoms with Crippen molar-refractivity contribution in [2.75, 3.05) is 0 Å². The molecule has 0 atom stereocenters. The first kappa shape index (κ1) is 30.7. The van der Waals surface area contributed by atoms with Gasteiger partial charge in [0.1, 0.15) is 0 Å². The summed E-state index contributed by atoms with van der Waals surface area (Å²) < 4.78 is 0. The molecule has 2 heteroatoms. The van der Waals surface area contributed by atoms with Crippen molar-refractivity contribution in [3.63, 3.8) is 0 Å². The van der Waals surface area contributed by atoms with Gasteiger partial charge in [-0.1, -0.05) is 55.5 Å². The minimum absolute atomic E-state index is 0.466. The first-order valence-electron chi connectivity index (χ1n) is 14.6. The number of hydrogen-bond acceptors (Lipinski definition) is 0. The summed E-state index contributed by atoms with van der Waals surface area (Å²) in [6.07, 6.45) is 0. The third-order valence-electron chi connectivity index (χ3n) is 9.90. The van der Waals surface area contributed by atoms with Crippen molar-refractivity contribution in [1.82, 2.24) is 0 Å². The lowest BCUT2D eigenvalue weighted by molar-refractivity contribution is 1.26. The van der Waals surface area contributed by atoms with Crippen LogP contribution in [0.2, 0.25) is 0 Å². The largest absolute Gasteiger partial charge is 0.0584 e. The lowest BCUT2D eigenvalue weighted by Crippen LogP contribution is -2.30. The van der Waals surface area contributed by atoms with E-state index in [1.165, 1.54) is 66.8 Å². The lowest BCUT2D eigenvalue weighted by atomic mass is 10.0. The average Bonchev–Trinajstić information content (AvgIpc) is 2.92. The summed E-state index contributed by atoms with van der Waals surface area (Å²) in [5.41, 5.74) is 17.2. The maximum Gasteiger partial charge on any atom is 0.0127 e. The fraction of sp³-hybridized carbons (Fsp3) is 0.368. The van der Waals surface area contributed by atoms with Crippen LogP contribution in [-0.2, 0) is 0 Å². The monoisotopic (exact) mass is 566 g/mol. The molecule has 0 aliphatic rings. The molecule has 0 saturated carbocycles. The van der Waals surface area contributed by atoms with E-state index in [1.54, 1.807) is 21.2 Å². The standard InChI is InChI=1S/C38H48P2/c1-22-14-18-35(30(9)26(22)5)39(36-19-15-23(2)27(6)31(36)10)34(13)40(37-20-16-24(3)28(7)32(37)11)38-21-17-25(4)29(8)33(38)12/h14-21,34H,1-13H3. The molecule has 4 aromatic rings. The van der Waals surface area contributed by atoms with Gasteiger partial charge < -0.3 is 0 Å². The minimum Gasteiger partial charge on any atom is -0.0584 e. The molecule has 0 fully saturated rings. The van der Waals surface area contributed by atoms with Crippen molar-refractivity contribution < 1.29 is 0 Å². The summed E-state index contributed by atoms with van der Waals surface area (Å²) in [7, 11) is -1.26. The van der Waals surface area contributed by atoms with Crippen molar-refractivity contribution in [1.29, 1.82) is 0 Å². The number of rotatable bonds is 6. The molecule has 0 unspecified atom stereocenters. The second kappa shape index (κ2) is 11.9. The fourth-order valence-electron chi connectivity index (χ4n) is 5.99. The van der Waals surface area contributed by atoms with E-state index in [1.807, 2.05) is 0 Å². The lowest BCUT2D eigenvalue weighted by Gasteiger charge is -2.37. The van der Waals surface area contributed by atoms with Crippen LogP contribution in [0.4, 0.5) is 0 Å². The Kier molecular flexibility index (Phi) is 9.15. The number of hydrogen-bond donors (Lipinski definition) is 0. The van der Waals surface area contributed by atoms with Gasteiger partial charge >= 0.3 is 0 Å². The van der Waals surface area contributed by atoms with E-state index in [2.05, 4.69) is 139 Å². The fourth-order valence-corrected chi connectivity index (χ4v) is 13.6. The first-order valence-corrected chi connectivity index (χ1v) is 17.5. The van der Waals surface area contributed by atoms with Crippen LogP contribution in [0, 0.1) is 83.1 Å². The quantitative estimate of drug-likeness (QED) is 0.204. The van der Waals surface area contributed by atoms with Crippen LogP contribution in [0.25, 0.3) is 0 Å². The molecule has 0 N–H and O–H groups in total. The summed E-state index contributed by atoms with van der Waals surface area (Å²) in [5.74, 6) is 0. The van der Waals surface area contributed by atoms with Crippen LogP contribution >= 0.6 is 15.8 Å². The minimum atomic E-state index is -0.628. The van der Waals surface area contributed by atoms with Gasteiger partial charge in [-0.05, 0) is 187 Å². The zero-order valence-corrected chi connectivity index (χ0v) is 28.9. The molecule has 0 heterocycles. The topological polar surface area (TPSA) is 0 Å². The van der Waals surface area contributed by atoms with Crippen LogP contribution in [-0.4, -0.2) is 5.40 Å². The van der Waals surface area contributed by atoms with Gasteiger partial charge in [0.15, 0.2) is 0 Å². The van der Waals surface area contributed by atoms with Crippen molar-refractivity contribution in [3.05, 3.63) is 115 Å². The van der Waals surface area contributed by atoms with E-state index in [4.69, 9.17) is 0 Å². The molecule has 4 aromatic carbocycles. The maximum absolute atomic E-state index is 2.57. The molecule has 0 radical (unpaired) electrons. The molecule has 0 nitrogen and oxygen atoms in total. The predicted octanol–water partition coefficient (Wildman–Crippen LogP) is 9.30. The van der Waals surface area contributed by atoms with E-state index in [9.17, 15) is 0 Å². The highest BCUT2D eigenvalue weighted by Gasteiger charge is 2.34. The number of aryl methyl sites for hydroxylation is 4. The van der Waals surface area contributed by atoms with E-state index >= 15 is 0 Å². The Labute approximate surface area is 247 Å². The van der Waals surface area contributed by atoms with Gasteiger partial charge in [-0.25, -0.2) is 0 Å². The van der Waals surface area contributed by atoms with E-state index in [0.29, 0.717) is 5.40 Å². The Morgan fingerprint density at radius 3 is 0.725 bits per heavy atom. The molecule has 4 rings (SSSR count). The average molecular weight is 567 g/mol. The van der Waals surface area contributed by atoms with E-state index in [-0.39, 0.29) is 0 Å². The predicted molar refractivity (Wildman–Crippen MR) is 184 cm³/mol. The molecule has 210 valence electrons. The molecular weight excluding hydrogens is 518 g/mol. The molecule has 0 amide bonds. The Morgan fingerprint density at radius 2 is 0.525 bits per heavy atom. The highest BCUT2D eigenvalue weighted by molar-refractivity contribution is 7.89. The van der Waals surface area contributed by atoms with Crippen molar-refractivity contribution in [2.24, 2.45) is 0 Å². The number of benzene rings is 4. The molecule has 0 aliphatic carbocycles. The third kappa shape index (κ3) is 5.36. The summed E-state index contributed by atoms with van der Waals surface area (Å²) in [4.78, 5) is 0. The molecule has 0 aliphatic heterocycles. The first-order chi connectivity index (χ1) is 18.8. The smallest absolute Gasteiger partial charge is 0.0127 e. The van der Waals surface area contributed by atoms with E-state index in [0.717, 1.165) is 0 Å². The molecule has 40 heavy (non-hydrogen) atoms. The molecule has 0 bridgehead atoms. The van der Waals surface area contributed by atoms with Crippen LogP contribution in [0.5, 0.6) is 0 Å². The highest BCUT2D eigenvalue weighted by Crippen LogP contribution is 2.58. The Bertz CT molecular complexity index is 1360. The second-order valence-corrected chi connectivity index (χ2v) is 17.3. The SMILES string of the molecule is Cc1ccc(P(c2ccc(C)c(C)c2C)C(C)P(c2ccc(C)c(C)c2C)c2ccc(C)c(C)c2C)c(C)c1C. The van der Waals surface area contributed by atoms with E-state index < -0.39 is 15.8 Å². The summed E-state index contributed by atoms with van der Waals surface area (Å²) >= 11 is 0. The summed E-state index contributed by atoms with van der Waals surface area (Å²) in [6.45, 7) is 30.3. The van der Waals surface area contributed by atoms with Crippen LogP contribution < -0.4 is 21.2 Å². The Balaban J connectivity index is 2.09. The second-order valence-electron chi connectivity index (χ2n) is 12.0. The van der Waals surface area contributed by atoms with Gasteiger partial charge in [0, 0.05) is 5.40 Å². The van der Waals surface area contributed by atoms with Crippen LogP contribution in [0.1, 0.15) is 73.7 Å². The summed E-state index contributed by atoms with van der Waals surface area (Å²) in [6, 6.07) is 19.3. The molecular formula is C38H48P2. The van der Waals surface area contributed by atoms with Crippen LogP contribution in [0.15, 0.2) is 48.5 Å². The zero-order valence-electron chi connectivity index (χ0n) is 27.1. The Morgan fingerprint density at radius 1 is 0.325 bits per heavy atom. The third-order valence-corrected chi connectivity index (χ3v) is 16.8. The van der Waals surface area contributed by atoms with Gasteiger partial charge in [0.25, 0.3) is 0 Å². The van der Waals surface area contributed by atoms with Gasteiger partial charge in [0.05, 0.1) is 0 Å². The maximum atomic E-state index is 2.57. The summed E-state index contributed by atoms with van der Waals surface area (Å²) in [5, 5.41) is 6.66. The van der Waals surface area contributed by atoms with Crippen molar-refractivity contribution in [2.45, 2.75) is 95.4 Å². The highest BCUT2D eigenvalue weighted by atomic mass is 31.2. The van der Waals surface area contributed by atoms with Gasteiger partial charge in [0.2, 0.25) is 0 Å². The van der Waals surface area contributed by atoms with Gasteiger partial charge in [-0.15, -0.1) is 0 Å². The Hall–Kier alpha value is -2.26. The van der Waals surface area contributed by atoms with Gasteiger partial charge in [-0.3, -0.25) is 0 Å². The van der Waals surface area contributed by atoms with Crippen LogP contribution in [0.3, 0.4) is 0 Å². The molecule has 0 aromatic heterocycles. The van der Waals surface area contributed by atoms with Crippen molar-refractivity contribution >= 4 is 37.1 Å². The van der Waals surface area contributed by atoms with Gasteiger partial charge in [-0.2, -0.15) is 0 Å². The normalized spacial score (nSPS) is 11.8. The molecule has 0 spiro atoms. The zero-order chi connectivity index (χ0) is 29.6.